The first-order valence-corrected chi connectivity index (χ1v) is 21.9. The number of imide groups is 1. The van der Waals surface area contributed by atoms with Gasteiger partial charge in [0.15, 0.2) is 5.82 Å². The number of amides is 3. The number of carbonyl (C=O) groups excluding carboxylic acids is 3. The molecule has 316 valence electrons. The van der Waals surface area contributed by atoms with E-state index in [0.29, 0.717) is 49.5 Å². The average molecular weight is 822 g/mol. The summed E-state index contributed by atoms with van der Waals surface area (Å²) < 4.78 is 38.5. The number of likely N-dealkylation sites (tertiary alicyclic amines) is 1. The highest BCUT2D eigenvalue weighted by Gasteiger charge is 2.43. The van der Waals surface area contributed by atoms with Gasteiger partial charge < -0.3 is 24.3 Å². The van der Waals surface area contributed by atoms with Crippen LogP contribution in [0.3, 0.4) is 0 Å². The van der Waals surface area contributed by atoms with E-state index in [4.69, 9.17) is 4.74 Å². The van der Waals surface area contributed by atoms with Crippen LogP contribution in [-0.4, -0.2) is 111 Å². The lowest BCUT2D eigenvalue weighted by atomic mass is 9.80. The number of piperidine rings is 4. The lowest BCUT2D eigenvalue weighted by Gasteiger charge is -2.42. The van der Waals surface area contributed by atoms with Crippen LogP contribution in [0.4, 0.5) is 20.3 Å². The third kappa shape index (κ3) is 7.69. The van der Waals surface area contributed by atoms with Crippen molar-refractivity contribution >= 4 is 40.1 Å². The smallest absolute Gasteiger partial charge is 0.255 e. The Hall–Kier alpha value is -5.18. The molecule has 4 aromatic rings. The summed E-state index contributed by atoms with van der Waals surface area (Å²) in [6.45, 7) is 7.73. The molecule has 1 aliphatic carbocycles. The van der Waals surface area contributed by atoms with Gasteiger partial charge in [0, 0.05) is 74.8 Å². The number of fused-ring (bicyclic) bond motifs is 2. The minimum Gasteiger partial charge on any atom is -0.488 e. The number of anilines is 2. The van der Waals surface area contributed by atoms with Gasteiger partial charge in [-0.2, -0.15) is 5.10 Å². The quantitative estimate of drug-likeness (QED) is 0.179. The Balaban J connectivity index is 0.680. The highest BCUT2D eigenvalue weighted by molar-refractivity contribution is 6.05. The van der Waals surface area contributed by atoms with Crippen molar-refractivity contribution in [3.63, 3.8) is 0 Å². The van der Waals surface area contributed by atoms with Gasteiger partial charge in [0.25, 0.3) is 5.91 Å². The molecule has 2 N–H and O–H groups in total. The van der Waals surface area contributed by atoms with Crippen LogP contribution in [0, 0.1) is 17.7 Å². The van der Waals surface area contributed by atoms with Crippen molar-refractivity contribution in [3.8, 4) is 17.1 Å². The number of aromatic nitrogens is 4. The van der Waals surface area contributed by atoms with Crippen LogP contribution in [0.15, 0.2) is 42.7 Å². The topological polar surface area (TPSA) is 140 Å². The van der Waals surface area contributed by atoms with Crippen LogP contribution in [0.25, 0.3) is 22.3 Å². The summed E-state index contributed by atoms with van der Waals surface area (Å²) in [5.41, 5.74) is 2.30. The van der Waals surface area contributed by atoms with Crippen molar-refractivity contribution in [1.29, 1.82) is 0 Å². The molecule has 13 nitrogen and oxygen atoms in total. The number of alkyl halides is 1. The molecule has 1 unspecified atom stereocenters. The summed E-state index contributed by atoms with van der Waals surface area (Å²) >= 11 is 0. The van der Waals surface area contributed by atoms with Gasteiger partial charge in [0.05, 0.1) is 23.4 Å². The Kier molecular flexibility index (Phi) is 9.99. The fraction of sp³-hybridized carbons (Fsp3) is 0.556. The number of benzene rings is 2. The molecule has 15 heteroatoms. The molecule has 0 radical (unpaired) electrons. The molecule has 60 heavy (non-hydrogen) atoms. The number of nitrogens with zero attached hydrogens (tertiary/aromatic N) is 7. The van der Waals surface area contributed by atoms with E-state index in [9.17, 15) is 14.4 Å². The van der Waals surface area contributed by atoms with Crippen LogP contribution in [0.1, 0.15) is 93.5 Å². The highest BCUT2D eigenvalue weighted by Crippen LogP contribution is 2.42. The van der Waals surface area contributed by atoms with Crippen LogP contribution >= 0.6 is 0 Å². The molecule has 7 heterocycles. The van der Waals surface area contributed by atoms with E-state index in [1.165, 1.54) is 4.90 Å². The van der Waals surface area contributed by atoms with E-state index in [-0.39, 0.29) is 48.3 Å². The molecule has 3 amide bonds. The van der Waals surface area contributed by atoms with Crippen molar-refractivity contribution in [2.75, 3.05) is 55.6 Å². The van der Waals surface area contributed by atoms with Crippen LogP contribution < -0.4 is 19.9 Å². The predicted molar refractivity (Wildman–Crippen MR) is 222 cm³/mol. The zero-order valence-corrected chi connectivity index (χ0v) is 34.2. The summed E-state index contributed by atoms with van der Waals surface area (Å²) in [5.74, 6) is 0.862. The van der Waals surface area contributed by atoms with Gasteiger partial charge >= 0.3 is 0 Å². The third-order valence-electron chi connectivity index (χ3n) is 14.2. The molecule has 2 aromatic heterocycles. The van der Waals surface area contributed by atoms with E-state index < -0.39 is 23.4 Å². The van der Waals surface area contributed by atoms with Crippen molar-refractivity contribution in [3.05, 3.63) is 59.7 Å². The lowest BCUT2D eigenvalue weighted by molar-refractivity contribution is -0.136. The lowest BCUT2D eigenvalue weighted by Crippen LogP contribution is -2.52. The molecule has 0 bridgehead atoms. The Morgan fingerprint density at radius 2 is 1.62 bits per heavy atom. The van der Waals surface area contributed by atoms with Crippen molar-refractivity contribution in [2.45, 2.75) is 101 Å². The second-order valence-electron chi connectivity index (χ2n) is 18.4. The fourth-order valence-electron chi connectivity index (χ4n) is 10.2. The van der Waals surface area contributed by atoms with Crippen LogP contribution in [-0.2, 0) is 16.1 Å². The first-order chi connectivity index (χ1) is 29.0. The van der Waals surface area contributed by atoms with Crippen molar-refractivity contribution in [1.82, 2.24) is 35.3 Å². The SMILES string of the molecule is CC1(Oc2ccc3[nH]nc(-c4cc(N5CCC(CN6CCC(F)(CC7CCN(c8ccc9c(c8F)CN(C8CCC(=O)NC8=O)C9=O)CC7)CC6)CC5)ncn4)c3c2)CC1. The highest BCUT2D eigenvalue weighted by atomic mass is 19.1. The zero-order valence-electron chi connectivity index (χ0n) is 34.2. The van der Waals surface area contributed by atoms with Gasteiger partial charge in [-0.25, -0.2) is 18.7 Å². The number of hydrogen-bond acceptors (Lipinski definition) is 10. The molecule has 2 aromatic carbocycles. The third-order valence-corrected chi connectivity index (χ3v) is 14.2. The van der Waals surface area contributed by atoms with E-state index >= 15 is 8.78 Å². The molecular formula is C45H53F2N9O4. The molecule has 6 aliphatic rings. The summed E-state index contributed by atoms with van der Waals surface area (Å²) in [5, 5.41) is 11.0. The predicted octanol–water partition coefficient (Wildman–Crippen LogP) is 6.18. The van der Waals surface area contributed by atoms with Crippen LogP contribution in [0.2, 0.25) is 0 Å². The fourth-order valence-corrected chi connectivity index (χ4v) is 10.2. The molecule has 5 aliphatic heterocycles. The number of carbonyl (C=O) groups is 3. The summed E-state index contributed by atoms with van der Waals surface area (Å²) in [7, 11) is 0. The number of halogens is 2. The molecular weight excluding hydrogens is 769 g/mol. The molecule has 1 atom stereocenters. The minimum absolute atomic E-state index is 0.00344. The number of ether oxygens (including phenoxy) is 1. The largest absolute Gasteiger partial charge is 0.488 e. The Labute approximate surface area is 348 Å². The van der Waals surface area contributed by atoms with E-state index in [0.717, 1.165) is 105 Å². The van der Waals surface area contributed by atoms with Gasteiger partial charge in [-0.15, -0.1) is 0 Å². The number of rotatable bonds is 10. The Morgan fingerprint density at radius 1 is 0.867 bits per heavy atom. The summed E-state index contributed by atoms with van der Waals surface area (Å²) in [6, 6.07) is 10.6. The van der Waals surface area contributed by atoms with Crippen LogP contribution in [0.5, 0.6) is 5.75 Å². The van der Waals surface area contributed by atoms with Gasteiger partial charge in [0.1, 0.15) is 40.9 Å². The Morgan fingerprint density at radius 3 is 2.37 bits per heavy atom. The Bertz CT molecular complexity index is 2310. The number of nitrogens with one attached hydrogen (secondary N) is 2. The zero-order chi connectivity index (χ0) is 41.2. The van der Waals surface area contributed by atoms with Crippen molar-refractivity contribution < 1.29 is 27.9 Å². The summed E-state index contributed by atoms with van der Waals surface area (Å²) in [6.07, 6.45) is 9.46. The van der Waals surface area contributed by atoms with Gasteiger partial charge in [-0.3, -0.25) is 24.8 Å². The second kappa shape index (κ2) is 15.4. The van der Waals surface area contributed by atoms with Gasteiger partial charge in [-0.1, -0.05) is 0 Å². The average Bonchev–Trinajstić information content (AvgIpc) is 3.66. The molecule has 4 saturated heterocycles. The van der Waals surface area contributed by atoms with Crippen molar-refractivity contribution in [2.24, 2.45) is 11.8 Å². The first kappa shape index (κ1) is 39.0. The molecule has 0 spiro atoms. The maximum Gasteiger partial charge on any atom is 0.255 e. The second-order valence-corrected chi connectivity index (χ2v) is 18.4. The van der Waals surface area contributed by atoms with E-state index in [1.807, 2.05) is 23.1 Å². The van der Waals surface area contributed by atoms with Gasteiger partial charge in [-0.05, 0) is 113 Å². The maximum atomic E-state index is 16.4. The normalized spacial score (nSPS) is 23.6. The number of aromatic amines is 1. The van der Waals surface area contributed by atoms with E-state index in [1.54, 1.807) is 18.5 Å². The van der Waals surface area contributed by atoms with Gasteiger partial charge in [0.2, 0.25) is 11.8 Å². The first-order valence-electron chi connectivity index (χ1n) is 21.9. The maximum absolute atomic E-state index is 16.4. The molecule has 5 fully saturated rings. The number of H-pyrrole nitrogens is 1. The van der Waals surface area contributed by atoms with E-state index in [2.05, 4.69) is 48.3 Å². The number of hydrogen-bond donors (Lipinski definition) is 2. The standard InChI is InChI=1S/C45H53F2N9O4/c1-44(12-13-44)60-30-2-4-34-32(22-30)41(52-51-34)35-23-38(49-27-48-35)55-18-10-29(11-19-55)25-53-20-14-45(47,15-21-53)24-28-8-16-54(17-9-28)36-5-3-31-33(40(36)46)26-56(43(31)59)37-6-7-39(57)50-42(37)58/h2-5,22-23,27-29,37H,6-21,24-26H2,1H3,(H,51,52)(H,50,57,58). The molecule has 10 rings (SSSR count). The molecule has 1 saturated carbocycles. The summed E-state index contributed by atoms with van der Waals surface area (Å²) in [4.78, 5) is 54.6. The minimum atomic E-state index is -1.18. The monoisotopic (exact) mass is 821 g/mol.